The molecule has 152 valence electrons. The number of halogens is 3. The summed E-state index contributed by atoms with van der Waals surface area (Å²) in [6, 6.07) is 3.92. The van der Waals surface area contributed by atoms with Gasteiger partial charge in [-0.3, -0.25) is 4.79 Å². The van der Waals surface area contributed by atoms with E-state index in [1.54, 1.807) is 9.80 Å². The van der Waals surface area contributed by atoms with E-state index in [0.717, 1.165) is 31.4 Å². The van der Waals surface area contributed by atoms with Gasteiger partial charge in [0.1, 0.15) is 17.6 Å². The summed E-state index contributed by atoms with van der Waals surface area (Å²) in [5.74, 6) is -0.589. The number of anilines is 1. The van der Waals surface area contributed by atoms with Crippen molar-refractivity contribution in [3.8, 4) is 12.3 Å². The summed E-state index contributed by atoms with van der Waals surface area (Å²) in [6.45, 7) is 0.555. The van der Waals surface area contributed by atoms with E-state index in [-0.39, 0.29) is 42.0 Å². The Morgan fingerprint density at radius 2 is 2.03 bits per heavy atom. The summed E-state index contributed by atoms with van der Waals surface area (Å²) in [4.78, 5) is 19.7. The molecule has 4 atom stereocenters. The van der Waals surface area contributed by atoms with Crippen LogP contribution in [0.25, 0.3) is 0 Å². The number of rotatable bonds is 3. The second-order valence-corrected chi connectivity index (χ2v) is 7.77. The van der Waals surface area contributed by atoms with Gasteiger partial charge in [-0.05, 0) is 37.8 Å². The van der Waals surface area contributed by atoms with Crippen LogP contribution < -0.4 is 10.2 Å². The molecule has 1 amide bonds. The Morgan fingerprint density at radius 1 is 1.24 bits per heavy atom. The van der Waals surface area contributed by atoms with E-state index in [1.165, 1.54) is 0 Å². The average molecular weight is 404 g/mol. The van der Waals surface area contributed by atoms with Gasteiger partial charge in [0.15, 0.2) is 6.19 Å². The van der Waals surface area contributed by atoms with Crippen molar-refractivity contribution in [1.29, 1.82) is 10.5 Å². The first-order chi connectivity index (χ1) is 13.8. The van der Waals surface area contributed by atoms with Crippen LogP contribution in [-0.2, 0) is 11.0 Å². The Kier molecular flexibility index (Phi) is 4.73. The van der Waals surface area contributed by atoms with Crippen LogP contribution in [0, 0.1) is 28.7 Å². The minimum absolute atomic E-state index is 0.0294. The molecule has 0 spiro atoms. The highest BCUT2D eigenvalue weighted by Crippen LogP contribution is 2.37. The fraction of sp³-hybridized carbons (Fsp3) is 0.579. The van der Waals surface area contributed by atoms with Crippen LogP contribution in [0.3, 0.4) is 0 Å². The predicted molar refractivity (Wildman–Crippen MR) is 95.1 cm³/mol. The molecule has 7 nitrogen and oxygen atoms in total. The summed E-state index contributed by atoms with van der Waals surface area (Å²) in [5, 5.41) is 21.5. The molecule has 0 aromatic carbocycles. The highest BCUT2D eigenvalue weighted by Gasteiger charge is 2.47. The molecule has 0 saturated carbocycles. The summed E-state index contributed by atoms with van der Waals surface area (Å²) >= 11 is 0. The van der Waals surface area contributed by atoms with Gasteiger partial charge in [0.25, 0.3) is 0 Å². The van der Waals surface area contributed by atoms with Crippen LogP contribution in [0.5, 0.6) is 0 Å². The fourth-order valence-electron chi connectivity index (χ4n) is 4.70. The van der Waals surface area contributed by atoms with Crippen molar-refractivity contribution in [3.05, 3.63) is 23.4 Å². The minimum Gasteiger partial charge on any atom is -0.355 e. The molecule has 1 unspecified atom stereocenters. The zero-order valence-corrected chi connectivity index (χ0v) is 15.5. The van der Waals surface area contributed by atoms with Gasteiger partial charge in [-0.25, -0.2) is 4.98 Å². The molecule has 29 heavy (non-hydrogen) atoms. The Labute approximate surface area is 165 Å². The van der Waals surface area contributed by atoms with Gasteiger partial charge in [-0.1, -0.05) is 0 Å². The van der Waals surface area contributed by atoms with Crippen LogP contribution in [0.4, 0.5) is 19.0 Å². The van der Waals surface area contributed by atoms with Crippen molar-refractivity contribution in [2.24, 2.45) is 5.92 Å². The number of nitrogens with one attached hydrogen (secondary N) is 1. The topological polar surface area (TPSA) is 96.0 Å². The molecular formula is C19H19F3N6O. The Balaban J connectivity index is 1.44. The zero-order valence-electron chi connectivity index (χ0n) is 15.5. The molecule has 3 aliphatic rings. The number of hydrogen-bond acceptors (Lipinski definition) is 6. The lowest BCUT2D eigenvalue weighted by molar-refractivity contribution is -0.141. The van der Waals surface area contributed by atoms with Crippen LogP contribution in [0.15, 0.2) is 12.1 Å². The third-order valence-corrected chi connectivity index (χ3v) is 6.12. The lowest BCUT2D eigenvalue weighted by atomic mass is 9.95. The van der Waals surface area contributed by atoms with Crippen molar-refractivity contribution in [1.82, 2.24) is 15.2 Å². The second-order valence-electron chi connectivity index (χ2n) is 7.77. The number of fused-ring (bicyclic) bond motifs is 2. The summed E-state index contributed by atoms with van der Waals surface area (Å²) < 4.78 is 39.0. The Hall–Kier alpha value is -3.01. The van der Waals surface area contributed by atoms with E-state index >= 15 is 0 Å². The molecule has 2 bridgehead atoms. The first-order valence-electron chi connectivity index (χ1n) is 9.53. The lowest BCUT2D eigenvalue weighted by Gasteiger charge is -2.24. The van der Waals surface area contributed by atoms with Gasteiger partial charge in [0.05, 0.1) is 23.6 Å². The third kappa shape index (κ3) is 3.44. The highest BCUT2D eigenvalue weighted by atomic mass is 19.4. The minimum atomic E-state index is -4.60. The van der Waals surface area contributed by atoms with Gasteiger partial charge < -0.3 is 15.1 Å². The van der Waals surface area contributed by atoms with Gasteiger partial charge in [-0.15, -0.1) is 0 Å². The molecular weight excluding hydrogens is 385 g/mol. The standard InChI is InChI=1S/C19H19F3N6O/c20-19(21,22)16-4-1-11(8-23)17(26-16)27-6-5-12(9-27)18(29)25-14-7-13-2-3-15(14)28(13)10-24/h1,4,12-15H,2-3,5-7,9H2,(H,25,29)/t12?,13-,14+,15+/m0/s1. The van der Waals surface area contributed by atoms with Crippen molar-refractivity contribution < 1.29 is 18.0 Å². The smallest absolute Gasteiger partial charge is 0.355 e. The van der Waals surface area contributed by atoms with E-state index < -0.39 is 17.8 Å². The van der Waals surface area contributed by atoms with Crippen molar-refractivity contribution in [2.75, 3.05) is 18.0 Å². The van der Waals surface area contributed by atoms with Crippen molar-refractivity contribution in [3.63, 3.8) is 0 Å². The van der Waals surface area contributed by atoms with E-state index in [1.807, 2.05) is 6.07 Å². The molecule has 10 heteroatoms. The number of nitriles is 2. The van der Waals surface area contributed by atoms with Crippen molar-refractivity contribution >= 4 is 11.7 Å². The summed E-state index contributed by atoms with van der Waals surface area (Å²) in [6.07, 6.45) is 0.644. The Bertz CT molecular complexity index is 905. The molecule has 1 N–H and O–H groups in total. The predicted octanol–water partition coefficient (Wildman–Crippen LogP) is 2.00. The van der Waals surface area contributed by atoms with Crippen LogP contribution >= 0.6 is 0 Å². The number of carbonyl (C=O) groups is 1. The first-order valence-corrected chi connectivity index (χ1v) is 9.53. The molecule has 0 aliphatic carbocycles. The molecule has 0 radical (unpaired) electrons. The second kappa shape index (κ2) is 7.11. The number of amides is 1. The fourth-order valence-corrected chi connectivity index (χ4v) is 4.70. The van der Waals surface area contributed by atoms with E-state index in [2.05, 4.69) is 16.5 Å². The van der Waals surface area contributed by atoms with Crippen LogP contribution in [0.2, 0.25) is 0 Å². The molecule has 3 fully saturated rings. The maximum Gasteiger partial charge on any atom is 0.433 e. The molecule has 1 aromatic heterocycles. The average Bonchev–Trinajstić information content (AvgIpc) is 3.40. The largest absolute Gasteiger partial charge is 0.433 e. The van der Waals surface area contributed by atoms with Gasteiger partial charge in [-0.2, -0.15) is 23.7 Å². The van der Waals surface area contributed by atoms with Crippen LogP contribution in [0.1, 0.15) is 36.9 Å². The van der Waals surface area contributed by atoms with Crippen molar-refractivity contribution in [2.45, 2.75) is 50.0 Å². The number of pyridine rings is 1. The Morgan fingerprint density at radius 3 is 2.69 bits per heavy atom. The van der Waals surface area contributed by atoms with Gasteiger partial charge in [0.2, 0.25) is 5.91 Å². The highest BCUT2D eigenvalue weighted by molar-refractivity contribution is 5.80. The molecule has 1 aromatic rings. The SMILES string of the molecule is N#Cc1ccc(C(F)(F)F)nc1N1CCC(C(=O)N[C@@H]2C[C@@H]3CC[C@H]2N3C#N)C1. The monoisotopic (exact) mass is 404 g/mol. The molecule has 4 rings (SSSR count). The molecule has 3 saturated heterocycles. The number of hydrogen-bond donors (Lipinski definition) is 1. The number of alkyl halides is 3. The maximum atomic E-state index is 13.0. The lowest BCUT2D eigenvalue weighted by Crippen LogP contribution is -2.46. The maximum absolute atomic E-state index is 13.0. The van der Waals surface area contributed by atoms with E-state index in [0.29, 0.717) is 13.0 Å². The number of nitrogens with zero attached hydrogens (tertiary/aromatic N) is 5. The normalized spacial score (nSPS) is 28.3. The number of carbonyl (C=O) groups excluding carboxylic acids is 1. The van der Waals surface area contributed by atoms with Gasteiger partial charge in [0, 0.05) is 19.1 Å². The van der Waals surface area contributed by atoms with Gasteiger partial charge >= 0.3 is 6.18 Å². The van der Waals surface area contributed by atoms with Crippen LogP contribution in [-0.4, -0.2) is 47.0 Å². The summed E-state index contributed by atoms with van der Waals surface area (Å²) in [5.41, 5.74) is -1.00. The summed E-state index contributed by atoms with van der Waals surface area (Å²) in [7, 11) is 0. The number of aromatic nitrogens is 1. The van der Waals surface area contributed by atoms with E-state index in [9.17, 15) is 28.5 Å². The third-order valence-electron chi connectivity index (χ3n) is 6.12. The molecule has 3 aliphatic heterocycles. The first kappa shape index (κ1) is 19.3. The quantitative estimate of drug-likeness (QED) is 0.775. The molecule has 4 heterocycles. The van der Waals surface area contributed by atoms with E-state index in [4.69, 9.17) is 0 Å². The zero-order chi connectivity index (χ0) is 20.8.